The van der Waals surface area contributed by atoms with E-state index >= 15 is 0 Å². The van der Waals surface area contributed by atoms with Crippen LogP contribution in [0.25, 0.3) is 0 Å². The van der Waals surface area contributed by atoms with Gasteiger partial charge >= 0.3 is 6.61 Å². The van der Waals surface area contributed by atoms with Gasteiger partial charge < -0.3 is 10.1 Å². The lowest BCUT2D eigenvalue weighted by Crippen LogP contribution is -2.24. The lowest BCUT2D eigenvalue weighted by atomic mass is 10.2. The van der Waals surface area contributed by atoms with Crippen molar-refractivity contribution in [3.05, 3.63) is 41.5 Å². The summed E-state index contributed by atoms with van der Waals surface area (Å²) in [6.07, 6.45) is 2.57. The predicted octanol–water partition coefficient (Wildman–Crippen LogP) is 3.26. The minimum Gasteiger partial charge on any atom is -0.434 e. The molecule has 0 bridgehead atoms. The van der Waals surface area contributed by atoms with Gasteiger partial charge in [0.25, 0.3) is 0 Å². The summed E-state index contributed by atoms with van der Waals surface area (Å²) in [5.41, 5.74) is 1.12. The first kappa shape index (κ1) is 15.1. The van der Waals surface area contributed by atoms with E-state index in [9.17, 15) is 13.6 Å². The maximum atomic E-state index is 12.2. The van der Waals surface area contributed by atoms with E-state index in [0.717, 1.165) is 6.42 Å². The Morgan fingerprint density at radius 1 is 1.42 bits per heavy atom. The van der Waals surface area contributed by atoms with E-state index < -0.39 is 6.61 Å². The number of hydrogen-bond donors (Lipinski definition) is 1. The van der Waals surface area contributed by atoms with Gasteiger partial charge in [-0.25, -0.2) is 0 Å². The molecule has 0 fully saturated rings. The first-order valence-corrected chi connectivity index (χ1v) is 6.02. The SMILES string of the molecule is CCC=C(C)C(=O)NCc1ccccc1OC(F)F. The van der Waals surface area contributed by atoms with E-state index in [1.54, 1.807) is 31.2 Å². The van der Waals surface area contributed by atoms with E-state index in [0.29, 0.717) is 11.1 Å². The Bertz CT molecular complexity index is 459. The third-order valence-electron chi connectivity index (χ3n) is 2.50. The third kappa shape index (κ3) is 5.07. The van der Waals surface area contributed by atoms with Gasteiger partial charge in [-0.2, -0.15) is 8.78 Å². The van der Waals surface area contributed by atoms with Crippen molar-refractivity contribution in [2.24, 2.45) is 0 Å². The second-order valence-corrected chi connectivity index (χ2v) is 3.96. The van der Waals surface area contributed by atoms with Crippen LogP contribution in [0.4, 0.5) is 8.78 Å². The molecule has 19 heavy (non-hydrogen) atoms. The molecule has 0 unspecified atom stereocenters. The summed E-state index contributed by atoms with van der Waals surface area (Å²) in [6, 6.07) is 6.39. The van der Waals surface area contributed by atoms with E-state index in [1.807, 2.05) is 6.92 Å². The lowest BCUT2D eigenvalue weighted by Gasteiger charge is -2.11. The first-order valence-electron chi connectivity index (χ1n) is 6.02. The molecule has 104 valence electrons. The minimum atomic E-state index is -2.88. The molecule has 0 aliphatic carbocycles. The zero-order valence-corrected chi connectivity index (χ0v) is 11.0. The number of ether oxygens (including phenoxy) is 1. The van der Waals surface area contributed by atoms with Crippen LogP contribution in [-0.4, -0.2) is 12.5 Å². The highest BCUT2D eigenvalue weighted by atomic mass is 19.3. The van der Waals surface area contributed by atoms with Crippen molar-refractivity contribution in [3.8, 4) is 5.75 Å². The standard InChI is InChI=1S/C14H17F2NO2/c1-3-6-10(2)13(18)17-9-11-7-4-5-8-12(11)19-14(15)16/h4-8,14H,3,9H2,1-2H3,(H,17,18). The summed E-state index contributed by atoms with van der Waals surface area (Å²) in [5.74, 6) is -0.136. The van der Waals surface area contributed by atoms with Crippen LogP contribution in [0, 0.1) is 0 Å². The fraction of sp³-hybridized carbons (Fsp3) is 0.357. The van der Waals surface area contributed by atoms with E-state index in [2.05, 4.69) is 10.1 Å². The van der Waals surface area contributed by atoms with Crippen molar-refractivity contribution in [1.82, 2.24) is 5.32 Å². The molecule has 1 aromatic rings. The van der Waals surface area contributed by atoms with E-state index in [1.165, 1.54) is 6.07 Å². The number of carbonyl (C=O) groups excluding carboxylic acids is 1. The summed E-state index contributed by atoms with van der Waals surface area (Å²) < 4.78 is 28.8. The Hall–Kier alpha value is -1.91. The molecule has 0 atom stereocenters. The molecule has 0 spiro atoms. The molecule has 0 heterocycles. The highest BCUT2D eigenvalue weighted by Crippen LogP contribution is 2.20. The molecule has 0 aliphatic heterocycles. The van der Waals surface area contributed by atoms with Crippen LogP contribution in [0.3, 0.4) is 0 Å². The van der Waals surface area contributed by atoms with Crippen LogP contribution in [0.5, 0.6) is 5.75 Å². The number of rotatable bonds is 6. The fourth-order valence-corrected chi connectivity index (χ4v) is 1.57. The maximum absolute atomic E-state index is 12.2. The molecule has 0 aromatic heterocycles. The number of hydrogen-bond acceptors (Lipinski definition) is 2. The number of alkyl halides is 2. The summed E-state index contributed by atoms with van der Waals surface area (Å²) >= 11 is 0. The molecule has 1 amide bonds. The molecule has 0 radical (unpaired) electrons. The van der Waals surface area contributed by atoms with Gasteiger partial charge in [0.1, 0.15) is 5.75 Å². The molecule has 0 aliphatic rings. The van der Waals surface area contributed by atoms with Gasteiger partial charge in [-0.15, -0.1) is 0 Å². The Morgan fingerprint density at radius 2 is 2.11 bits per heavy atom. The third-order valence-corrected chi connectivity index (χ3v) is 2.50. The number of amides is 1. The molecule has 0 saturated heterocycles. The number of halogens is 2. The second kappa shape index (κ2) is 7.51. The van der Waals surface area contributed by atoms with Crippen molar-refractivity contribution in [1.29, 1.82) is 0 Å². The molecule has 1 rings (SSSR count). The predicted molar refractivity (Wildman–Crippen MR) is 69.0 cm³/mol. The second-order valence-electron chi connectivity index (χ2n) is 3.96. The Morgan fingerprint density at radius 3 is 2.74 bits per heavy atom. The molecular weight excluding hydrogens is 252 g/mol. The molecule has 5 heteroatoms. The van der Waals surface area contributed by atoms with Crippen LogP contribution in [0.1, 0.15) is 25.8 Å². The lowest BCUT2D eigenvalue weighted by molar-refractivity contribution is -0.117. The smallest absolute Gasteiger partial charge is 0.387 e. The largest absolute Gasteiger partial charge is 0.434 e. The van der Waals surface area contributed by atoms with Crippen LogP contribution in [-0.2, 0) is 11.3 Å². The normalized spacial score (nSPS) is 11.5. The Labute approximate surface area is 111 Å². The van der Waals surface area contributed by atoms with Gasteiger partial charge in [-0.3, -0.25) is 4.79 Å². The molecule has 0 saturated carbocycles. The van der Waals surface area contributed by atoms with Crippen molar-refractivity contribution in [3.63, 3.8) is 0 Å². The van der Waals surface area contributed by atoms with Crippen LogP contribution in [0.15, 0.2) is 35.9 Å². The molecule has 1 N–H and O–H groups in total. The highest BCUT2D eigenvalue weighted by molar-refractivity contribution is 5.92. The van der Waals surface area contributed by atoms with Gasteiger partial charge in [0.2, 0.25) is 5.91 Å². The minimum absolute atomic E-state index is 0.0786. The van der Waals surface area contributed by atoms with Gasteiger partial charge in [0.05, 0.1) is 0 Å². The van der Waals surface area contributed by atoms with Gasteiger partial charge in [0.15, 0.2) is 0 Å². The zero-order chi connectivity index (χ0) is 14.3. The van der Waals surface area contributed by atoms with Crippen molar-refractivity contribution < 1.29 is 18.3 Å². The quantitative estimate of drug-likeness (QED) is 0.805. The summed E-state index contributed by atoms with van der Waals surface area (Å²) in [4.78, 5) is 11.7. The van der Waals surface area contributed by atoms with Crippen LogP contribution >= 0.6 is 0 Å². The highest BCUT2D eigenvalue weighted by Gasteiger charge is 2.10. The molecule has 3 nitrogen and oxygen atoms in total. The Kier molecular flexibility index (Phi) is 5.99. The first-order chi connectivity index (χ1) is 9.04. The summed E-state index contributed by atoms with van der Waals surface area (Å²) in [5, 5.41) is 2.67. The van der Waals surface area contributed by atoms with E-state index in [4.69, 9.17) is 0 Å². The zero-order valence-electron chi connectivity index (χ0n) is 11.0. The monoisotopic (exact) mass is 269 g/mol. The summed E-state index contributed by atoms with van der Waals surface area (Å²) in [7, 11) is 0. The summed E-state index contributed by atoms with van der Waals surface area (Å²) in [6.45, 7) is 0.915. The van der Waals surface area contributed by atoms with Crippen molar-refractivity contribution in [2.75, 3.05) is 0 Å². The van der Waals surface area contributed by atoms with E-state index in [-0.39, 0.29) is 18.2 Å². The Balaban J connectivity index is 2.67. The average molecular weight is 269 g/mol. The van der Waals surface area contributed by atoms with Crippen LogP contribution < -0.4 is 10.1 Å². The number of carbonyl (C=O) groups is 1. The number of benzene rings is 1. The number of nitrogens with one attached hydrogen (secondary N) is 1. The van der Waals surface area contributed by atoms with Crippen LogP contribution in [0.2, 0.25) is 0 Å². The van der Waals surface area contributed by atoms with Gasteiger partial charge in [-0.05, 0) is 19.4 Å². The van der Waals surface area contributed by atoms with Gasteiger partial charge in [-0.1, -0.05) is 31.2 Å². The maximum Gasteiger partial charge on any atom is 0.387 e. The van der Waals surface area contributed by atoms with Crippen molar-refractivity contribution in [2.45, 2.75) is 33.4 Å². The number of allylic oxidation sites excluding steroid dienone is 1. The average Bonchev–Trinajstić information content (AvgIpc) is 2.37. The molecular formula is C14H17F2NO2. The van der Waals surface area contributed by atoms with Gasteiger partial charge in [0, 0.05) is 17.7 Å². The number of para-hydroxylation sites is 1. The topological polar surface area (TPSA) is 38.3 Å². The fourth-order valence-electron chi connectivity index (χ4n) is 1.57. The van der Waals surface area contributed by atoms with Crippen molar-refractivity contribution >= 4 is 5.91 Å². The molecule has 1 aromatic carbocycles.